The second-order valence-electron chi connectivity index (χ2n) is 2.43. The van der Waals surface area contributed by atoms with Crippen LogP contribution in [0.15, 0.2) is 23.1 Å². The summed E-state index contributed by atoms with van der Waals surface area (Å²) < 4.78 is 4.79. The summed E-state index contributed by atoms with van der Waals surface area (Å²) in [5.74, 6) is 0.102. The van der Waals surface area contributed by atoms with E-state index < -0.39 is 5.97 Å². The Hall–Kier alpha value is -1.16. The standard InChI is InChI=1S/C9H10O3S/c1-6(10)12-7-3-4-9(13-2)8(11)5-7/h3-5,11H,1-2H3. The SMILES string of the molecule is CSc1ccc(OC(C)=O)cc1O. The Morgan fingerprint density at radius 3 is 2.69 bits per heavy atom. The molecule has 0 aliphatic heterocycles. The lowest BCUT2D eigenvalue weighted by atomic mass is 10.3. The molecule has 0 atom stereocenters. The molecule has 0 saturated heterocycles. The number of ether oxygens (including phenoxy) is 1. The Bertz CT molecular complexity index is 323. The molecule has 0 amide bonds. The highest BCUT2D eigenvalue weighted by Crippen LogP contribution is 2.30. The van der Waals surface area contributed by atoms with Crippen molar-refractivity contribution in [3.8, 4) is 11.5 Å². The first-order chi connectivity index (χ1) is 6.13. The number of aromatic hydroxyl groups is 1. The molecule has 3 nitrogen and oxygen atoms in total. The van der Waals surface area contributed by atoms with Crippen molar-refractivity contribution in [3.05, 3.63) is 18.2 Å². The first kappa shape index (κ1) is 9.92. The van der Waals surface area contributed by atoms with Gasteiger partial charge in [-0.15, -0.1) is 11.8 Å². The average Bonchev–Trinajstić information content (AvgIpc) is 2.03. The largest absolute Gasteiger partial charge is 0.507 e. The van der Waals surface area contributed by atoms with Gasteiger partial charge in [0.05, 0.1) is 0 Å². The molecule has 0 radical (unpaired) electrons. The summed E-state index contributed by atoms with van der Waals surface area (Å²) in [6.45, 7) is 1.32. The number of rotatable bonds is 2. The third-order valence-corrected chi connectivity index (χ3v) is 2.20. The first-order valence-electron chi connectivity index (χ1n) is 3.69. The van der Waals surface area contributed by atoms with Crippen molar-refractivity contribution in [3.63, 3.8) is 0 Å². The summed E-state index contributed by atoms with van der Waals surface area (Å²) in [5.41, 5.74) is 0. The first-order valence-corrected chi connectivity index (χ1v) is 4.91. The van der Waals surface area contributed by atoms with E-state index in [4.69, 9.17) is 4.74 Å². The van der Waals surface area contributed by atoms with E-state index in [2.05, 4.69) is 0 Å². The van der Waals surface area contributed by atoms with Crippen LogP contribution < -0.4 is 4.74 Å². The Labute approximate surface area is 80.7 Å². The maximum Gasteiger partial charge on any atom is 0.308 e. The Kier molecular flexibility index (Phi) is 3.19. The summed E-state index contributed by atoms with van der Waals surface area (Å²) in [6.07, 6.45) is 1.86. The molecule has 0 heterocycles. The van der Waals surface area contributed by atoms with E-state index >= 15 is 0 Å². The van der Waals surface area contributed by atoms with Crippen LogP contribution in [-0.2, 0) is 4.79 Å². The number of carbonyl (C=O) groups is 1. The summed E-state index contributed by atoms with van der Waals surface area (Å²) in [5, 5.41) is 9.39. The number of hydrogen-bond donors (Lipinski definition) is 1. The molecule has 0 aliphatic rings. The van der Waals surface area contributed by atoms with E-state index in [0.29, 0.717) is 5.75 Å². The van der Waals surface area contributed by atoms with Crippen LogP contribution in [0.4, 0.5) is 0 Å². The van der Waals surface area contributed by atoms with Crippen LogP contribution in [0.25, 0.3) is 0 Å². The van der Waals surface area contributed by atoms with Gasteiger partial charge in [-0.25, -0.2) is 0 Å². The van der Waals surface area contributed by atoms with Crippen molar-refractivity contribution in [2.24, 2.45) is 0 Å². The molecule has 70 valence electrons. The molecule has 0 aromatic heterocycles. The molecule has 0 aliphatic carbocycles. The zero-order valence-corrected chi connectivity index (χ0v) is 8.22. The van der Waals surface area contributed by atoms with Crippen molar-refractivity contribution < 1.29 is 14.6 Å². The van der Waals surface area contributed by atoms with E-state index in [-0.39, 0.29) is 5.75 Å². The third kappa shape index (κ3) is 2.66. The predicted molar refractivity (Wildman–Crippen MR) is 51.2 cm³/mol. The fourth-order valence-corrected chi connectivity index (χ4v) is 1.37. The van der Waals surface area contributed by atoms with Gasteiger partial charge >= 0.3 is 5.97 Å². The van der Waals surface area contributed by atoms with E-state index in [9.17, 15) is 9.90 Å². The highest BCUT2D eigenvalue weighted by atomic mass is 32.2. The molecular formula is C9H10O3S. The molecule has 13 heavy (non-hydrogen) atoms. The summed E-state index contributed by atoms with van der Waals surface area (Å²) in [7, 11) is 0. The minimum Gasteiger partial charge on any atom is -0.507 e. The highest BCUT2D eigenvalue weighted by molar-refractivity contribution is 7.98. The molecule has 1 aromatic rings. The van der Waals surface area contributed by atoms with Crippen LogP contribution in [-0.4, -0.2) is 17.3 Å². The number of benzene rings is 1. The van der Waals surface area contributed by atoms with Gasteiger partial charge in [0.2, 0.25) is 0 Å². The topological polar surface area (TPSA) is 46.5 Å². The summed E-state index contributed by atoms with van der Waals surface area (Å²) in [6, 6.07) is 4.78. The van der Waals surface area contributed by atoms with Gasteiger partial charge in [0.25, 0.3) is 0 Å². The lowest BCUT2D eigenvalue weighted by Gasteiger charge is -2.04. The van der Waals surface area contributed by atoms with Crippen LogP contribution in [0.3, 0.4) is 0 Å². The molecule has 0 spiro atoms. The van der Waals surface area contributed by atoms with Gasteiger partial charge in [0.15, 0.2) is 0 Å². The van der Waals surface area contributed by atoms with Gasteiger partial charge in [0, 0.05) is 17.9 Å². The highest BCUT2D eigenvalue weighted by Gasteiger charge is 2.03. The van der Waals surface area contributed by atoms with Crippen molar-refractivity contribution in [2.75, 3.05) is 6.26 Å². The molecule has 1 aromatic carbocycles. The number of hydrogen-bond acceptors (Lipinski definition) is 4. The fourth-order valence-electron chi connectivity index (χ4n) is 0.899. The summed E-state index contributed by atoms with van der Waals surface area (Å²) >= 11 is 1.43. The normalized spacial score (nSPS) is 9.69. The van der Waals surface area contributed by atoms with Gasteiger partial charge in [-0.05, 0) is 18.4 Å². The minimum absolute atomic E-state index is 0.131. The Morgan fingerprint density at radius 2 is 2.23 bits per heavy atom. The van der Waals surface area contributed by atoms with Crippen LogP contribution in [0, 0.1) is 0 Å². The number of carbonyl (C=O) groups excluding carboxylic acids is 1. The second-order valence-corrected chi connectivity index (χ2v) is 3.28. The zero-order chi connectivity index (χ0) is 9.84. The van der Waals surface area contributed by atoms with Crippen molar-refractivity contribution in [2.45, 2.75) is 11.8 Å². The summed E-state index contributed by atoms with van der Waals surface area (Å²) in [4.78, 5) is 11.3. The molecule has 0 bridgehead atoms. The minimum atomic E-state index is -0.392. The van der Waals surface area contributed by atoms with Crippen LogP contribution in [0.2, 0.25) is 0 Å². The molecule has 1 N–H and O–H groups in total. The third-order valence-electron chi connectivity index (χ3n) is 1.41. The second kappa shape index (κ2) is 4.18. The van der Waals surface area contributed by atoms with Gasteiger partial charge in [-0.3, -0.25) is 4.79 Å². The van der Waals surface area contributed by atoms with Crippen molar-refractivity contribution in [1.82, 2.24) is 0 Å². The molecule has 0 fully saturated rings. The number of phenolic OH excluding ortho intramolecular Hbond substituents is 1. The number of phenols is 1. The molecular weight excluding hydrogens is 188 g/mol. The van der Waals surface area contributed by atoms with Gasteiger partial charge in [0.1, 0.15) is 11.5 Å². The number of esters is 1. The Morgan fingerprint density at radius 1 is 1.54 bits per heavy atom. The van der Waals surface area contributed by atoms with E-state index in [1.807, 2.05) is 6.26 Å². The fraction of sp³-hybridized carbons (Fsp3) is 0.222. The maximum atomic E-state index is 10.6. The van der Waals surface area contributed by atoms with Gasteiger partial charge in [-0.2, -0.15) is 0 Å². The lowest BCUT2D eigenvalue weighted by Crippen LogP contribution is -2.00. The molecule has 1 rings (SSSR count). The van der Waals surface area contributed by atoms with Crippen LogP contribution >= 0.6 is 11.8 Å². The van der Waals surface area contributed by atoms with Crippen LogP contribution in [0.1, 0.15) is 6.92 Å². The molecule has 4 heteroatoms. The predicted octanol–water partition coefficient (Wildman–Crippen LogP) is 2.04. The average molecular weight is 198 g/mol. The van der Waals surface area contributed by atoms with E-state index in [1.54, 1.807) is 12.1 Å². The van der Waals surface area contributed by atoms with Crippen LogP contribution in [0.5, 0.6) is 11.5 Å². The van der Waals surface area contributed by atoms with Gasteiger partial charge < -0.3 is 9.84 Å². The van der Waals surface area contributed by atoms with Gasteiger partial charge in [-0.1, -0.05) is 0 Å². The maximum absolute atomic E-state index is 10.6. The van der Waals surface area contributed by atoms with E-state index in [1.165, 1.54) is 24.8 Å². The molecule has 0 saturated carbocycles. The van der Waals surface area contributed by atoms with Crippen molar-refractivity contribution in [1.29, 1.82) is 0 Å². The lowest BCUT2D eigenvalue weighted by molar-refractivity contribution is -0.131. The monoisotopic (exact) mass is 198 g/mol. The molecule has 0 unspecified atom stereocenters. The van der Waals surface area contributed by atoms with Crippen molar-refractivity contribution >= 4 is 17.7 Å². The smallest absolute Gasteiger partial charge is 0.308 e. The zero-order valence-electron chi connectivity index (χ0n) is 7.40. The van der Waals surface area contributed by atoms with E-state index in [0.717, 1.165) is 4.90 Å². The quantitative estimate of drug-likeness (QED) is 0.449. The number of thioether (sulfide) groups is 1. The Balaban J connectivity index is 2.89.